The molecule has 2 nitrogen and oxygen atoms in total. The molecule has 138 valence electrons. The standard InChI is InChI=1S/2C9H10O.C5H5.CH3.Zr/c2*1-2-5-8-6-3-4-7-9(8)10;1-2-4-5-3-1;;/h2*2-4,6-7,10H,1,5H2;1-3H,4H2;1H3;/q;;;;+2/p-2. The summed E-state index contributed by atoms with van der Waals surface area (Å²) in [4.78, 5) is 0. The number of hydrogen-bond acceptors (Lipinski definition) is 2. The average Bonchev–Trinajstić information content (AvgIpc) is 3.21. The fourth-order valence-electron chi connectivity index (χ4n) is 2.29. The van der Waals surface area contributed by atoms with Gasteiger partial charge in [-0.3, -0.25) is 0 Å². The molecule has 0 aromatic heterocycles. The molecule has 0 heterocycles. The molecule has 0 spiro atoms. The third kappa shape index (κ3) is 9.40. The van der Waals surface area contributed by atoms with Gasteiger partial charge in [0.1, 0.15) is 0 Å². The Morgan fingerprint density at radius 1 is 0.889 bits per heavy atom. The molecule has 0 radical (unpaired) electrons. The predicted molar refractivity (Wildman–Crippen MR) is 107 cm³/mol. The van der Waals surface area contributed by atoms with Crippen LogP contribution in [0.25, 0.3) is 0 Å². The van der Waals surface area contributed by atoms with Crippen LogP contribution in [0, 0.1) is 0 Å². The van der Waals surface area contributed by atoms with Crippen molar-refractivity contribution in [3.63, 3.8) is 0 Å². The van der Waals surface area contributed by atoms with Gasteiger partial charge in [-0.1, -0.05) is 71.8 Å². The van der Waals surface area contributed by atoms with Gasteiger partial charge in [-0.05, 0) is 12.8 Å². The van der Waals surface area contributed by atoms with E-state index in [0.717, 1.165) is 11.1 Å². The molecule has 2 aromatic rings. The molecule has 1 aliphatic carbocycles. The topological polar surface area (TPSA) is 46.1 Å². The molecule has 0 amide bonds. The molecule has 2 aromatic carbocycles. The van der Waals surface area contributed by atoms with Gasteiger partial charge < -0.3 is 10.2 Å². The number of para-hydroxylation sites is 2. The molecule has 0 saturated carbocycles. The summed E-state index contributed by atoms with van der Waals surface area (Å²) in [5.74, 6) is 0.199. The molecule has 0 atom stereocenters. The summed E-state index contributed by atoms with van der Waals surface area (Å²) in [6.45, 7) is 7.12. The predicted octanol–water partition coefficient (Wildman–Crippen LogP) is 4.94. The van der Waals surface area contributed by atoms with Crippen molar-refractivity contribution in [1.82, 2.24) is 0 Å². The molecular weight excluding hydrogens is 411 g/mol. The second kappa shape index (κ2) is 14.0. The van der Waals surface area contributed by atoms with Gasteiger partial charge in [0.05, 0.1) is 0 Å². The van der Waals surface area contributed by atoms with Gasteiger partial charge in [0.2, 0.25) is 0 Å². The van der Waals surface area contributed by atoms with Crippen LogP contribution in [0.15, 0.2) is 95.3 Å². The first-order chi connectivity index (χ1) is 13.1. The SMILES string of the molecule is C=CCc1ccccc1[O-].C=CCc1ccccc1[O-].[CH3][Zr+2][C]1=CC=CC1. The monoisotopic (exact) mass is 436 g/mol. The van der Waals surface area contributed by atoms with Gasteiger partial charge in [0.15, 0.2) is 0 Å². The first-order valence-electron chi connectivity index (χ1n) is 8.87. The fraction of sp³-hybridized carbons (Fsp3) is 0.167. The van der Waals surface area contributed by atoms with E-state index in [9.17, 15) is 10.2 Å². The zero-order valence-electron chi connectivity index (χ0n) is 15.9. The van der Waals surface area contributed by atoms with Crippen molar-refractivity contribution in [2.24, 2.45) is 0 Å². The summed E-state index contributed by atoms with van der Waals surface area (Å²) in [5.41, 5.74) is 1.63. The normalized spacial score (nSPS) is 11.1. The number of benzene rings is 2. The quantitative estimate of drug-likeness (QED) is 0.622. The third-order valence-electron chi connectivity index (χ3n) is 3.77. The first-order valence-corrected chi connectivity index (χ1v) is 12.6. The van der Waals surface area contributed by atoms with Gasteiger partial charge in [-0.25, -0.2) is 0 Å². The maximum atomic E-state index is 11.0. The molecule has 0 saturated heterocycles. The van der Waals surface area contributed by atoms with Crippen LogP contribution < -0.4 is 10.2 Å². The zero-order valence-corrected chi connectivity index (χ0v) is 18.3. The van der Waals surface area contributed by atoms with E-state index in [4.69, 9.17) is 0 Å². The first kappa shape index (κ1) is 22.9. The Bertz CT molecular complexity index is 724. The molecule has 0 aliphatic heterocycles. The van der Waals surface area contributed by atoms with Gasteiger partial charge in [-0.15, -0.1) is 24.7 Å². The van der Waals surface area contributed by atoms with Crippen LogP contribution in [0.4, 0.5) is 0 Å². The number of allylic oxidation sites excluding steroid dienone is 6. The summed E-state index contributed by atoms with van der Waals surface area (Å²) >= 11 is -0.0408. The Labute approximate surface area is 174 Å². The molecule has 3 rings (SSSR count). The van der Waals surface area contributed by atoms with E-state index < -0.39 is 0 Å². The average molecular weight is 438 g/mol. The Morgan fingerprint density at radius 3 is 1.67 bits per heavy atom. The Kier molecular flexibility index (Phi) is 11.9. The Balaban J connectivity index is 0.000000206. The van der Waals surface area contributed by atoms with E-state index in [-0.39, 0.29) is 34.7 Å². The summed E-state index contributed by atoms with van der Waals surface area (Å²) in [5, 5.41) is 21.9. The van der Waals surface area contributed by atoms with Crippen LogP contribution >= 0.6 is 0 Å². The maximum absolute atomic E-state index is 11.0. The van der Waals surface area contributed by atoms with Gasteiger partial charge in [-0.2, -0.15) is 0 Å². The van der Waals surface area contributed by atoms with Crippen molar-refractivity contribution < 1.29 is 33.4 Å². The third-order valence-corrected chi connectivity index (χ3v) is 6.26. The molecule has 1 aliphatic rings. The van der Waals surface area contributed by atoms with Crippen LogP contribution in [-0.2, 0) is 36.1 Å². The van der Waals surface area contributed by atoms with E-state index in [0.29, 0.717) is 12.8 Å². The van der Waals surface area contributed by atoms with Crippen molar-refractivity contribution >= 4 is 0 Å². The van der Waals surface area contributed by atoms with Crippen LogP contribution in [0.2, 0.25) is 4.63 Å². The molecule has 27 heavy (non-hydrogen) atoms. The van der Waals surface area contributed by atoms with Crippen molar-refractivity contribution in [2.45, 2.75) is 23.9 Å². The minimum absolute atomic E-state index is 0.0408. The van der Waals surface area contributed by atoms with Gasteiger partial charge in [0.25, 0.3) is 0 Å². The van der Waals surface area contributed by atoms with Crippen molar-refractivity contribution in [3.05, 3.63) is 106 Å². The zero-order chi connectivity index (χ0) is 19.9. The number of hydrogen-bond donors (Lipinski definition) is 0. The molecular formula is C24H26O2Zr. The fourth-order valence-corrected chi connectivity index (χ4v) is 3.73. The summed E-state index contributed by atoms with van der Waals surface area (Å²) in [6.07, 6.45) is 12.7. The molecule has 0 N–H and O–H groups in total. The van der Waals surface area contributed by atoms with Gasteiger partial charge >= 0.3 is 55.8 Å². The second-order valence-corrected chi connectivity index (χ2v) is 8.58. The summed E-state index contributed by atoms with van der Waals surface area (Å²) < 4.78 is 4.09. The van der Waals surface area contributed by atoms with Crippen LogP contribution in [0.1, 0.15) is 17.5 Å². The second-order valence-electron chi connectivity index (χ2n) is 5.78. The van der Waals surface area contributed by atoms with Crippen LogP contribution in [0.3, 0.4) is 0 Å². The molecule has 0 bridgehead atoms. The Morgan fingerprint density at radius 2 is 1.37 bits per heavy atom. The van der Waals surface area contributed by atoms with Crippen molar-refractivity contribution in [2.75, 3.05) is 0 Å². The van der Waals surface area contributed by atoms with E-state index in [2.05, 4.69) is 36.0 Å². The van der Waals surface area contributed by atoms with Crippen LogP contribution in [-0.4, -0.2) is 0 Å². The van der Waals surface area contributed by atoms with Gasteiger partial charge in [0, 0.05) is 0 Å². The van der Waals surface area contributed by atoms with E-state index >= 15 is 0 Å². The van der Waals surface area contributed by atoms with E-state index in [1.165, 1.54) is 6.42 Å². The van der Waals surface area contributed by atoms with E-state index in [1.54, 1.807) is 39.7 Å². The molecule has 0 fully saturated rings. The molecule has 3 heteroatoms. The van der Waals surface area contributed by atoms with Crippen molar-refractivity contribution in [3.8, 4) is 11.5 Å². The Hall–Kier alpha value is -2.12. The summed E-state index contributed by atoms with van der Waals surface area (Å²) in [6, 6.07) is 14.0. The summed E-state index contributed by atoms with van der Waals surface area (Å²) in [7, 11) is 0. The van der Waals surface area contributed by atoms with Crippen LogP contribution in [0.5, 0.6) is 11.5 Å². The van der Waals surface area contributed by atoms with Crippen molar-refractivity contribution in [1.29, 1.82) is 0 Å². The molecule has 0 unspecified atom stereocenters. The van der Waals surface area contributed by atoms with E-state index in [1.807, 2.05) is 24.3 Å². The minimum atomic E-state index is -0.0408. The number of rotatable bonds is 5.